The van der Waals surface area contributed by atoms with Crippen molar-refractivity contribution in [1.29, 1.82) is 0 Å². The summed E-state index contributed by atoms with van der Waals surface area (Å²) in [6.45, 7) is 7.28. The van der Waals surface area contributed by atoms with Gasteiger partial charge in [-0.05, 0) is 32.3 Å². The van der Waals surface area contributed by atoms with Gasteiger partial charge < -0.3 is 10.3 Å². The SMILES string of the molecule is Cc1[nH]c2ccccc2c1C(=O)CN1C(=O)N[C@@](C)(CC(C)C)C1=O. The highest BCUT2D eigenvalue weighted by atomic mass is 16.2. The first-order valence-electron chi connectivity index (χ1n) is 8.47. The Bertz CT molecular complexity index is 868. The van der Waals surface area contributed by atoms with Crippen LogP contribution >= 0.6 is 0 Å². The Morgan fingerprint density at radius 3 is 2.60 bits per heavy atom. The van der Waals surface area contributed by atoms with E-state index >= 15 is 0 Å². The van der Waals surface area contributed by atoms with Gasteiger partial charge >= 0.3 is 6.03 Å². The summed E-state index contributed by atoms with van der Waals surface area (Å²) in [6.07, 6.45) is 0.536. The maximum Gasteiger partial charge on any atom is 0.325 e. The van der Waals surface area contributed by atoms with Crippen molar-refractivity contribution in [2.75, 3.05) is 6.54 Å². The molecule has 3 amide bonds. The van der Waals surface area contributed by atoms with Crippen LogP contribution in [0.3, 0.4) is 0 Å². The lowest BCUT2D eigenvalue weighted by molar-refractivity contribution is -0.131. The maximum atomic E-state index is 12.8. The Hall–Kier alpha value is -2.63. The molecule has 0 bridgehead atoms. The molecule has 6 nitrogen and oxygen atoms in total. The number of rotatable bonds is 5. The van der Waals surface area contributed by atoms with Crippen molar-refractivity contribution in [3.05, 3.63) is 35.5 Å². The van der Waals surface area contributed by atoms with Crippen molar-refractivity contribution < 1.29 is 14.4 Å². The second-order valence-corrected chi connectivity index (χ2v) is 7.35. The van der Waals surface area contributed by atoms with Gasteiger partial charge in [-0.25, -0.2) is 4.79 Å². The van der Waals surface area contributed by atoms with Gasteiger partial charge in [0, 0.05) is 22.2 Å². The highest BCUT2D eigenvalue weighted by Gasteiger charge is 2.48. The molecule has 1 aliphatic rings. The van der Waals surface area contributed by atoms with E-state index in [2.05, 4.69) is 10.3 Å². The van der Waals surface area contributed by atoms with Crippen LogP contribution in [0.2, 0.25) is 0 Å². The fraction of sp³-hybridized carbons (Fsp3) is 0.421. The van der Waals surface area contributed by atoms with Crippen LogP contribution in [0, 0.1) is 12.8 Å². The summed E-state index contributed by atoms with van der Waals surface area (Å²) < 4.78 is 0. The number of carbonyl (C=O) groups is 3. The normalized spacial score (nSPS) is 20.6. The quantitative estimate of drug-likeness (QED) is 0.648. The summed E-state index contributed by atoms with van der Waals surface area (Å²) in [5.74, 6) is -0.329. The van der Waals surface area contributed by atoms with Gasteiger partial charge in [0.05, 0.1) is 6.54 Å². The fourth-order valence-electron chi connectivity index (χ4n) is 3.70. The lowest BCUT2D eigenvalue weighted by atomic mass is 9.91. The summed E-state index contributed by atoms with van der Waals surface area (Å²) in [5.41, 5.74) is 1.20. The molecule has 0 spiro atoms. The number of aromatic amines is 1. The number of ketones is 1. The average Bonchev–Trinajstić information content (AvgIpc) is 2.95. The Morgan fingerprint density at radius 1 is 1.24 bits per heavy atom. The number of imide groups is 1. The number of carbonyl (C=O) groups excluding carboxylic acids is 3. The van der Waals surface area contributed by atoms with Gasteiger partial charge in [0.1, 0.15) is 5.54 Å². The van der Waals surface area contributed by atoms with Gasteiger partial charge in [-0.2, -0.15) is 0 Å². The molecule has 25 heavy (non-hydrogen) atoms. The standard InChI is InChI=1S/C19H23N3O3/c1-11(2)9-19(4)17(24)22(18(25)21-19)10-15(23)16-12(3)20-14-8-6-5-7-13(14)16/h5-8,11,20H,9-10H2,1-4H3,(H,21,25)/t19-/m0/s1. The van der Waals surface area contributed by atoms with Crippen LogP contribution in [0.1, 0.15) is 43.2 Å². The molecular formula is C19H23N3O3. The van der Waals surface area contributed by atoms with Crippen LogP contribution in [0.5, 0.6) is 0 Å². The maximum absolute atomic E-state index is 12.8. The summed E-state index contributed by atoms with van der Waals surface area (Å²) in [5, 5.41) is 3.55. The molecule has 0 unspecified atom stereocenters. The number of nitrogens with one attached hydrogen (secondary N) is 2. The molecule has 1 fully saturated rings. The second-order valence-electron chi connectivity index (χ2n) is 7.35. The lowest BCUT2D eigenvalue weighted by Crippen LogP contribution is -2.45. The van der Waals surface area contributed by atoms with Gasteiger partial charge in [-0.3, -0.25) is 14.5 Å². The number of fused-ring (bicyclic) bond motifs is 1. The van der Waals surface area contributed by atoms with Crippen molar-refractivity contribution in [2.45, 2.75) is 39.7 Å². The number of aromatic nitrogens is 1. The summed E-state index contributed by atoms with van der Waals surface area (Å²) >= 11 is 0. The van der Waals surface area contributed by atoms with Crippen LogP contribution in [-0.4, -0.2) is 39.7 Å². The van der Waals surface area contributed by atoms with Crippen LogP contribution in [0.4, 0.5) is 4.79 Å². The van der Waals surface area contributed by atoms with E-state index in [0.29, 0.717) is 12.0 Å². The molecule has 0 radical (unpaired) electrons. The second kappa shape index (κ2) is 6.02. The first-order chi connectivity index (χ1) is 11.7. The third-order valence-corrected chi connectivity index (χ3v) is 4.64. The zero-order valence-corrected chi connectivity index (χ0v) is 15.0. The van der Waals surface area contributed by atoms with Gasteiger partial charge in [0.2, 0.25) is 0 Å². The molecule has 0 aliphatic carbocycles. The van der Waals surface area contributed by atoms with Crippen LogP contribution in [0.25, 0.3) is 10.9 Å². The molecule has 1 aromatic carbocycles. The van der Waals surface area contributed by atoms with E-state index in [1.807, 2.05) is 45.0 Å². The van der Waals surface area contributed by atoms with E-state index in [1.165, 1.54) is 0 Å². The molecule has 1 atom stereocenters. The van der Waals surface area contributed by atoms with Crippen molar-refractivity contribution >= 4 is 28.6 Å². The highest BCUT2D eigenvalue weighted by molar-refractivity contribution is 6.14. The first kappa shape index (κ1) is 17.2. The zero-order valence-electron chi connectivity index (χ0n) is 15.0. The molecule has 1 aromatic heterocycles. The number of aryl methyl sites for hydroxylation is 1. The molecule has 0 saturated carbocycles. The Labute approximate surface area is 146 Å². The molecule has 1 saturated heterocycles. The van der Waals surface area contributed by atoms with Crippen molar-refractivity contribution in [2.24, 2.45) is 5.92 Å². The summed E-state index contributed by atoms with van der Waals surface area (Å²) in [6, 6.07) is 7.01. The molecule has 2 N–H and O–H groups in total. The van der Waals surface area contributed by atoms with Gasteiger partial charge in [-0.1, -0.05) is 32.0 Å². The predicted octanol–water partition coefficient (Wildman–Crippen LogP) is 3.02. The van der Waals surface area contributed by atoms with E-state index in [-0.39, 0.29) is 24.2 Å². The van der Waals surface area contributed by atoms with Gasteiger partial charge in [0.15, 0.2) is 5.78 Å². The fourth-order valence-corrected chi connectivity index (χ4v) is 3.70. The van der Waals surface area contributed by atoms with E-state index in [4.69, 9.17) is 0 Å². The molecule has 132 valence electrons. The van der Waals surface area contributed by atoms with E-state index < -0.39 is 11.6 Å². The summed E-state index contributed by atoms with van der Waals surface area (Å²) in [7, 11) is 0. The molecule has 1 aliphatic heterocycles. The highest BCUT2D eigenvalue weighted by Crippen LogP contribution is 2.27. The van der Waals surface area contributed by atoms with Crippen LogP contribution in [-0.2, 0) is 4.79 Å². The third-order valence-electron chi connectivity index (χ3n) is 4.64. The number of hydrogen-bond acceptors (Lipinski definition) is 3. The number of nitrogens with zero attached hydrogens (tertiary/aromatic N) is 1. The van der Waals surface area contributed by atoms with E-state index in [1.54, 1.807) is 6.92 Å². The van der Waals surface area contributed by atoms with Crippen LogP contribution < -0.4 is 5.32 Å². The molecular weight excluding hydrogens is 318 g/mol. The third kappa shape index (κ3) is 2.92. The van der Waals surface area contributed by atoms with Crippen molar-refractivity contribution in [3.63, 3.8) is 0 Å². The summed E-state index contributed by atoms with van der Waals surface area (Å²) in [4.78, 5) is 42.0. The predicted molar refractivity (Wildman–Crippen MR) is 95.5 cm³/mol. The molecule has 2 heterocycles. The Kier molecular flexibility index (Phi) is 4.14. The lowest BCUT2D eigenvalue weighted by Gasteiger charge is -2.23. The van der Waals surface area contributed by atoms with E-state index in [0.717, 1.165) is 21.5 Å². The minimum Gasteiger partial charge on any atom is -0.358 e. The van der Waals surface area contributed by atoms with Gasteiger partial charge in [0.25, 0.3) is 5.91 Å². The van der Waals surface area contributed by atoms with Crippen molar-refractivity contribution in [1.82, 2.24) is 15.2 Å². The number of Topliss-reactive ketones (excluding diaryl/α,β-unsaturated/α-hetero) is 1. The average molecular weight is 341 g/mol. The topological polar surface area (TPSA) is 82.3 Å². The number of urea groups is 1. The smallest absolute Gasteiger partial charge is 0.325 e. The Balaban J connectivity index is 1.87. The van der Waals surface area contributed by atoms with Gasteiger partial charge in [-0.15, -0.1) is 0 Å². The number of hydrogen-bond donors (Lipinski definition) is 2. The zero-order chi connectivity index (χ0) is 18.4. The van der Waals surface area contributed by atoms with E-state index in [9.17, 15) is 14.4 Å². The largest absolute Gasteiger partial charge is 0.358 e. The number of benzene rings is 1. The molecule has 2 aromatic rings. The molecule has 6 heteroatoms. The number of H-pyrrole nitrogens is 1. The molecule has 3 rings (SSSR count). The minimum atomic E-state index is -0.944. The Morgan fingerprint density at radius 2 is 1.92 bits per heavy atom. The van der Waals surface area contributed by atoms with Crippen molar-refractivity contribution in [3.8, 4) is 0 Å². The monoisotopic (exact) mass is 341 g/mol. The number of para-hydroxylation sites is 1. The number of amides is 3. The minimum absolute atomic E-state index is 0.243. The first-order valence-corrected chi connectivity index (χ1v) is 8.47. The van der Waals surface area contributed by atoms with Crippen LogP contribution in [0.15, 0.2) is 24.3 Å².